The molecular formula is C64H50I2O10. The van der Waals surface area contributed by atoms with Crippen molar-refractivity contribution in [3.63, 3.8) is 0 Å². The number of rotatable bonds is 4. The van der Waals surface area contributed by atoms with Gasteiger partial charge in [-0.1, -0.05) is 72.8 Å². The van der Waals surface area contributed by atoms with Crippen LogP contribution >= 0.6 is 45.2 Å². The van der Waals surface area contributed by atoms with Gasteiger partial charge < -0.3 is 38.6 Å². The van der Waals surface area contributed by atoms with Gasteiger partial charge in [-0.05, 0) is 238 Å². The fourth-order valence-electron chi connectivity index (χ4n) is 10.2. The van der Waals surface area contributed by atoms with Crippen LogP contribution in [0.2, 0.25) is 0 Å². The van der Waals surface area contributed by atoms with Gasteiger partial charge in [-0.3, -0.25) is 0 Å². The standard InChI is InChI=1S/C37H33IO7.C27H17IO3/c1-36(2,3)44-34(39)41-25-12-14-27-21(19-25)10-16-29-32(27)31(23-8-7-9-24(38)18-23)33-28-15-13-26(42-35(40)45-37(4,5)6)20-22(28)11-17-30(33)43-29;28-18-3-1-2-17(12-18)25-26-21-8-6-19(29)13-15(21)4-10-23(26)31-24-11-5-16-14-20(30)7-9-22(16)27(24)25/h7-20,31H,1-6H3;1-14,25,29-30H. The average Bonchev–Trinajstić information content (AvgIpc) is 3.36. The Morgan fingerprint density at radius 1 is 0.421 bits per heavy atom. The van der Waals surface area contributed by atoms with Gasteiger partial charge in [0.2, 0.25) is 0 Å². The van der Waals surface area contributed by atoms with Crippen LogP contribution in [0.4, 0.5) is 9.59 Å². The number of ether oxygens (including phenoxy) is 6. The maximum Gasteiger partial charge on any atom is 0.514 e. The number of phenols is 2. The molecule has 2 aliphatic rings. The second kappa shape index (κ2) is 19.9. The van der Waals surface area contributed by atoms with Gasteiger partial charge >= 0.3 is 12.3 Å². The van der Waals surface area contributed by atoms with Crippen LogP contribution in [0, 0.1) is 7.14 Å². The van der Waals surface area contributed by atoms with Crippen molar-refractivity contribution >= 4 is 101 Å². The van der Waals surface area contributed by atoms with Crippen LogP contribution in [0.1, 0.15) is 86.8 Å². The van der Waals surface area contributed by atoms with Gasteiger partial charge in [-0.25, -0.2) is 9.59 Å². The number of benzene rings is 10. The summed E-state index contributed by atoms with van der Waals surface area (Å²) in [5.74, 6) is 4.21. The second-order valence-electron chi connectivity index (χ2n) is 20.8. The zero-order valence-electron chi connectivity index (χ0n) is 42.2. The highest BCUT2D eigenvalue weighted by molar-refractivity contribution is 14.1. The molecule has 10 aromatic rings. The number of hydrogen-bond acceptors (Lipinski definition) is 10. The van der Waals surface area contributed by atoms with E-state index in [0.29, 0.717) is 11.5 Å². The molecule has 10 aromatic carbocycles. The minimum absolute atomic E-state index is 0.0463. The van der Waals surface area contributed by atoms with Gasteiger partial charge in [-0.15, -0.1) is 0 Å². The first-order chi connectivity index (χ1) is 36.3. The molecule has 0 unspecified atom stereocenters. The number of aromatic hydroxyl groups is 2. The van der Waals surface area contributed by atoms with E-state index < -0.39 is 23.5 Å². The molecule has 2 heterocycles. The molecule has 12 heteroatoms. The molecule has 380 valence electrons. The molecule has 10 nitrogen and oxygen atoms in total. The minimum atomic E-state index is -0.754. The summed E-state index contributed by atoms with van der Waals surface area (Å²) < 4.78 is 37.0. The quantitative estimate of drug-likeness (QED) is 0.0998. The first-order valence-corrected chi connectivity index (χ1v) is 26.8. The Labute approximate surface area is 466 Å². The molecule has 0 amide bonds. The van der Waals surface area contributed by atoms with E-state index in [1.54, 1.807) is 77.9 Å². The highest BCUT2D eigenvalue weighted by atomic mass is 127. The summed E-state index contributed by atoms with van der Waals surface area (Å²) in [6, 6.07) is 54.9. The molecule has 0 bridgehead atoms. The van der Waals surface area contributed by atoms with E-state index in [-0.39, 0.29) is 23.3 Å². The Kier molecular flexibility index (Phi) is 13.2. The summed E-state index contributed by atoms with van der Waals surface area (Å²) in [6.45, 7) is 10.8. The van der Waals surface area contributed by atoms with Gasteiger partial charge in [-0.2, -0.15) is 0 Å². The Bertz CT molecular complexity index is 3770. The van der Waals surface area contributed by atoms with Crippen molar-refractivity contribution in [3.8, 4) is 46.0 Å². The SMILES string of the molecule is CC(C)(C)OC(=O)Oc1ccc2c3c(ccc2c1)Oc1ccc2cc(OC(=O)OC(C)(C)C)ccc2c1C3c1cccc(I)c1.Oc1ccc2c3c(ccc2c1)Oc1ccc2cc(O)ccc2c1C3c1cccc(I)c1. The Balaban J connectivity index is 0.000000173. The maximum absolute atomic E-state index is 12.4. The van der Waals surface area contributed by atoms with Crippen molar-refractivity contribution in [1.29, 1.82) is 0 Å². The van der Waals surface area contributed by atoms with E-state index in [1.165, 1.54) is 9.13 Å². The molecule has 0 saturated heterocycles. The topological polar surface area (TPSA) is 130 Å². The summed E-state index contributed by atoms with van der Waals surface area (Å²) in [6.07, 6.45) is -1.51. The Hall–Kier alpha value is -7.56. The third-order valence-corrected chi connectivity index (χ3v) is 14.5. The first-order valence-electron chi connectivity index (χ1n) is 24.7. The molecule has 0 fully saturated rings. The third kappa shape index (κ3) is 10.3. The number of fused-ring (bicyclic) bond motifs is 12. The van der Waals surface area contributed by atoms with E-state index in [1.807, 2.05) is 84.9 Å². The monoisotopic (exact) mass is 1230 g/mol. The average molecular weight is 1230 g/mol. The number of phenolic OH excluding ortho intramolecular Hbond substituents is 2. The molecule has 2 N–H and O–H groups in total. The fourth-order valence-corrected chi connectivity index (χ4v) is 11.4. The lowest BCUT2D eigenvalue weighted by atomic mass is 9.78. The fraction of sp³-hybridized carbons (Fsp3) is 0.156. The second-order valence-corrected chi connectivity index (χ2v) is 23.3. The molecular weight excluding hydrogens is 1180 g/mol. The van der Waals surface area contributed by atoms with Crippen LogP contribution in [-0.2, 0) is 9.47 Å². The lowest BCUT2D eigenvalue weighted by Gasteiger charge is -2.31. The van der Waals surface area contributed by atoms with E-state index in [9.17, 15) is 19.8 Å². The predicted molar refractivity (Wildman–Crippen MR) is 313 cm³/mol. The molecule has 0 atom stereocenters. The van der Waals surface area contributed by atoms with Crippen molar-refractivity contribution < 1.29 is 48.2 Å². The van der Waals surface area contributed by atoms with E-state index >= 15 is 0 Å². The zero-order chi connectivity index (χ0) is 53.2. The van der Waals surface area contributed by atoms with Crippen molar-refractivity contribution in [2.75, 3.05) is 0 Å². The summed E-state index contributed by atoms with van der Waals surface area (Å²) >= 11 is 4.68. The molecule has 0 aliphatic carbocycles. The van der Waals surface area contributed by atoms with Crippen molar-refractivity contribution in [1.82, 2.24) is 0 Å². The van der Waals surface area contributed by atoms with Gasteiger partial charge in [0.1, 0.15) is 57.2 Å². The normalized spacial score (nSPS) is 13.1. The van der Waals surface area contributed by atoms with Crippen molar-refractivity contribution in [3.05, 3.63) is 210 Å². The summed E-state index contributed by atoms with van der Waals surface area (Å²) in [5, 5.41) is 27.8. The smallest absolute Gasteiger partial charge is 0.508 e. The zero-order valence-corrected chi connectivity index (χ0v) is 46.6. The number of carbonyl (C=O) groups excluding carboxylic acids is 2. The van der Waals surface area contributed by atoms with E-state index in [4.69, 9.17) is 28.4 Å². The van der Waals surface area contributed by atoms with Gasteiger partial charge in [0.25, 0.3) is 0 Å². The van der Waals surface area contributed by atoms with Gasteiger partial charge in [0.05, 0.1) is 0 Å². The van der Waals surface area contributed by atoms with E-state index in [0.717, 1.165) is 97.5 Å². The Morgan fingerprint density at radius 2 is 0.750 bits per heavy atom. The first kappa shape index (κ1) is 50.6. The van der Waals surface area contributed by atoms with Crippen LogP contribution in [0.15, 0.2) is 170 Å². The molecule has 0 aromatic heterocycles. The molecule has 76 heavy (non-hydrogen) atoms. The molecule has 2 aliphatic heterocycles. The highest BCUT2D eigenvalue weighted by Crippen LogP contribution is 2.54. The van der Waals surface area contributed by atoms with Gasteiger partial charge in [0.15, 0.2) is 0 Å². The largest absolute Gasteiger partial charge is 0.514 e. The summed E-state index contributed by atoms with van der Waals surface area (Å²) in [4.78, 5) is 24.7. The number of halogens is 2. The minimum Gasteiger partial charge on any atom is -0.508 e. The molecule has 0 spiro atoms. The van der Waals surface area contributed by atoms with Crippen LogP contribution in [0.25, 0.3) is 43.1 Å². The molecule has 0 saturated carbocycles. The lowest BCUT2D eigenvalue weighted by Crippen LogP contribution is -2.25. The number of hydrogen-bond donors (Lipinski definition) is 2. The van der Waals surface area contributed by atoms with Crippen LogP contribution in [0.5, 0.6) is 46.0 Å². The van der Waals surface area contributed by atoms with Crippen LogP contribution in [-0.4, -0.2) is 33.7 Å². The van der Waals surface area contributed by atoms with Crippen LogP contribution in [0.3, 0.4) is 0 Å². The van der Waals surface area contributed by atoms with Crippen LogP contribution < -0.4 is 18.9 Å². The third-order valence-electron chi connectivity index (χ3n) is 13.1. The summed E-state index contributed by atoms with van der Waals surface area (Å²) in [7, 11) is 0. The lowest BCUT2D eigenvalue weighted by molar-refractivity contribution is 0.0193. The van der Waals surface area contributed by atoms with E-state index in [2.05, 4.69) is 93.7 Å². The van der Waals surface area contributed by atoms with Gasteiger partial charge in [0, 0.05) is 41.2 Å². The molecule has 0 radical (unpaired) electrons. The van der Waals surface area contributed by atoms with Crippen molar-refractivity contribution in [2.24, 2.45) is 0 Å². The maximum atomic E-state index is 12.4. The summed E-state index contributed by atoms with van der Waals surface area (Å²) in [5.41, 5.74) is 5.15. The van der Waals surface area contributed by atoms with Crippen molar-refractivity contribution in [2.45, 2.75) is 64.6 Å². The predicted octanol–water partition coefficient (Wildman–Crippen LogP) is 17.8. The molecule has 12 rings (SSSR count). The highest BCUT2D eigenvalue weighted by Gasteiger charge is 2.35. The number of carbonyl (C=O) groups is 2. The Morgan fingerprint density at radius 3 is 1.08 bits per heavy atom.